The first-order valence-electron chi connectivity index (χ1n) is 14.3. The van der Waals surface area contributed by atoms with Gasteiger partial charge in [0.2, 0.25) is 5.91 Å². The Morgan fingerprint density at radius 2 is 1.60 bits per heavy atom. The van der Waals surface area contributed by atoms with E-state index in [0.29, 0.717) is 13.0 Å². The maximum atomic E-state index is 12.9. The number of benzene rings is 3. The second-order valence-electron chi connectivity index (χ2n) is 10.8. The summed E-state index contributed by atoms with van der Waals surface area (Å²) in [5.74, 6) is -2.03. The lowest BCUT2D eigenvalue weighted by molar-refractivity contribution is -0.146. The molecule has 4 unspecified atom stereocenters. The van der Waals surface area contributed by atoms with Crippen molar-refractivity contribution in [2.24, 2.45) is 5.92 Å². The van der Waals surface area contributed by atoms with Crippen LogP contribution >= 0.6 is 0 Å². The van der Waals surface area contributed by atoms with E-state index >= 15 is 0 Å². The van der Waals surface area contributed by atoms with E-state index in [2.05, 4.69) is 34.9 Å². The van der Waals surface area contributed by atoms with E-state index in [-0.39, 0.29) is 44.1 Å². The molecule has 42 heavy (non-hydrogen) atoms. The van der Waals surface area contributed by atoms with Crippen LogP contribution in [-0.2, 0) is 30.4 Å². The van der Waals surface area contributed by atoms with Gasteiger partial charge in [-0.1, -0.05) is 78.9 Å². The van der Waals surface area contributed by atoms with Gasteiger partial charge in [-0.15, -0.1) is 0 Å². The first-order chi connectivity index (χ1) is 20.4. The zero-order chi connectivity index (χ0) is 29.5. The van der Waals surface area contributed by atoms with E-state index in [4.69, 9.17) is 14.2 Å². The summed E-state index contributed by atoms with van der Waals surface area (Å²) in [6, 6.07) is 24.1. The van der Waals surface area contributed by atoms with Gasteiger partial charge in [0.1, 0.15) is 6.61 Å². The molecule has 4 atom stereocenters. The molecule has 1 aliphatic carbocycles. The fourth-order valence-corrected chi connectivity index (χ4v) is 5.73. The van der Waals surface area contributed by atoms with Crippen molar-refractivity contribution in [2.75, 3.05) is 19.8 Å². The van der Waals surface area contributed by atoms with Gasteiger partial charge in [0.25, 0.3) is 0 Å². The maximum Gasteiger partial charge on any atom is 0.407 e. The Kier molecular flexibility index (Phi) is 9.51. The Hall–Kier alpha value is -4.21. The van der Waals surface area contributed by atoms with Crippen LogP contribution in [0.15, 0.2) is 78.9 Å². The molecule has 3 aromatic carbocycles. The first kappa shape index (κ1) is 29.3. The van der Waals surface area contributed by atoms with Gasteiger partial charge in [0.15, 0.2) is 6.04 Å². The van der Waals surface area contributed by atoms with E-state index in [9.17, 15) is 19.5 Å². The number of rotatable bonds is 11. The van der Waals surface area contributed by atoms with Gasteiger partial charge in [-0.25, -0.2) is 9.59 Å². The highest BCUT2D eigenvalue weighted by Crippen LogP contribution is 2.44. The molecule has 220 valence electrons. The molecule has 1 saturated heterocycles. The number of hydrogen-bond donors (Lipinski definition) is 3. The number of nitrogens with one attached hydrogen (secondary N) is 2. The Morgan fingerprint density at radius 1 is 0.952 bits per heavy atom. The van der Waals surface area contributed by atoms with E-state index in [0.717, 1.165) is 27.8 Å². The van der Waals surface area contributed by atoms with Crippen LogP contribution in [0.3, 0.4) is 0 Å². The van der Waals surface area contributed by atoms with E-state index < -0.39 is 30.1 Å². The Balaban J connectivity index is 1.14. The third-order valence-electron chi connectivity index (χ3n) is 7.98. The summed E-state index contributed by atoms with van der Waals surface area (Å²) in [5.41, 5.74) is 5.46. The standard InChI is InChI=1S/C33H36N2O7/c1-21(41-18-22-9-3-2-4-10-22)31(32(37)38)35-30(36)17-23-19-40-16-15-29(23)34-33(39)42-20-28-26-13-7-5-11-24(26)25-12-6-8-14-27(25)28/h2-14,21,23,28-29,31H,15-20H2,1H3,(H,34,39)(H,35,36)(H,37,38). The third kappa shape index (κ3) is 6.98. The average Bonchev–Trinajstić information content (AvgIpc) is 3.32. The van der Waals surface area contributed by atoms with Crippen LogP contribution in [0, 0.1) is 5.92 Å². The molecule has 2 aliphatic rings. The normalized spacial score (nSPS) is 19.2. The lowest BCUT2D eigenvalue weighted by Crippen LogP contribution is -2.51. The van der Waals surface area contributed by atoms with Gasteiger partial charge in [-0.2, -0.15) is 0 Å². The molecule has 0 saturated carbocycles. The van der Waals surface area contributed by atoms with Crippen molar-refractivity contribution in [2.45, 2.75) is 50.5 Å². The maximum absolute atomic E-state index is 12.9. The minimum atomic E-state index is -1.22. The summed E-state index contributed by atoms with van der Waals surface area (Å²) in [6.07, 6.45) is -0.811. The van der Waals surface area contributed by atoms with Crippen molar-refractivity contribution >= 4 is 18.0 Å². The summed E-state index contributed by atoms with van der Waals surface area (Å²) in [6.45, 7) is 2.74. The number of alkyl carbamates (subject to hydrolysis) is 1. The highest BCUT2D eigenvalue weighted by atomic mass is 16.5. The number of amides is 2. The summed E-state index contributed by atoms with van der Waals surface area (Å²) >= 11 is 0. The second-order valence-corrected chi connectivity index (χ2v) is 10.8. The minimum absolute atomic E-state index is 0.0104. The highest BCUT2D eigenvalue weighted by Gasteiger charge is 2.34. The first-order valence-corrected chi connectivity index (χ1v) is 14.3. The smallest absolute Gasteiger partial charge is 0.407 e. The van der Waals surface area contributed by atoms with Crippen molar-refractivity contribution in [3.05, 3.63) is 95.6 Å². The predicted octanol–water partition coefficient (Wildman–Crippen LogP) is 4.50. The van der Waals surface area contributed by atoms with Crippen molar-refractivity contribution in [1.29, 1.82) is 0 Å². The summed E-state index contributed by atoms with van der Waals surface area (Å²) in [5, 5.41) is 15.3. The topological polar surface area (TPSA) is 123 Å². The van der Waals surface area contributed by atoms with Crippen LogP contribution in [-0.4, -0.2) is 61.1 Å². The number of carbonyl (C=O) groups excluding carboxylic acids is 2. The van der Waals surface area contributed by atoms with Crippen LogP contribution in [0.2, 0.25) is 0 Å². The summed E-state index contributed by atoms with van der Waals surface area (Å²) in [4.78, 5) is 37.8. The van der Waals surface area contributed by atoms with Gasteiger partial charge in [-0.3, -0.25) is 4.79 Å². The van der Waals surface area contributed by atoms with Crippen LogP contribution in [0.1, 0.15) is 42.4 Å². The summed E-state index contributed by atoms with van der Waals surface area (Å²) < 4.78 is 17.0. The van der Waals surface area contributed by atoms with Crippen LogP contribution in [0.4, 0.5) is 4.79 Å². The summed E-state index contributed by atoms with van der Waals surface area (Å²) in [7, 11) is 0. The quantitative estimate of drug-likeness (QED) is 0.309. The Morgan fingerprint density at radius 3 is 2.26 bits per heavy atom. The van der Waals surface area contributed by atoms with Crippen molar-refractivity contribution in [3.8, 4) is 11.1 Å². The van der Waals surface area contributed by atoms with Gasteiger partial charge >= 0.3 is 12.1 Å². The van der Waals surface area contributed by atoms with Gasteiger partial charge in [0, 0.05) is 30.9 Å². The number of aliphatic carboxylic acids is 1. The molecular weight excluding hydrogens is 536 g/mol. The van der Waals surface area contributed by atoms with Crippen molar-refractivity contribution in [3.63, 3.8) is 0 Å². The van der Waals surface area contributed by atoms with Crippen molar-refractivity contribution < 1.29 is 33.7 Å². The fourth-order valence-electron chi connectivity index (χ4n) is 5.73. The van der Waals surface area contributed by atoms with Crippen molar-refractivity contribution in [1.82, 2.24) is 10.6 Å². The Labute approximate surface area is 245 Å². The molecule has 9 heteroatoms. The molecule has 0 aromatic heterocycles. The lowest BCUT2D eigenvalue weighted by atomic mass is 9.92. The molecule has 1 fully saturated rings. The fraction of sp³-hybridized carbons (Fsp3) is 0.364. The average molecular weight is 573 g/mol. The molecule has 3 aromatic rings. The lowest BCUT2D eigenvalue weighted by Gasteiger charge is -2.32. The van der Waals surface area contributed by atoms with Crippen LogP contribution in [0.25, 0.3) is 11.1 Å². The van der Waals surface area contributed by atoms with Gasteiger partial charge in [0.05, 0.1) is 19.3 Å². The molecule has 3 N–H and O–H groups in total. The monoisotopic (exact) mass is 572 g/mol. The predicted molar refractivity (Wildman–Crippen MR) is 156 cm³/mol. The van der Waals surface area contributed by atoms with Gasteiger partial charge < -0.3 is 30.0 Å². The molecule has 0 radical (unpaired) electrons. The molecule has 1 heterocycles. The highest BCUT2D eigenvalue weighted by molar-refractivity contribution is 5.84. The number of carbonyl (C=O) groups is 3. The van der Waals surface area contributed by atoms with Gasteiger partial charge in [-0.05, 0) is 41.2 Å². The molecule has 5 rings (SSSR count). The SMILES string of the molecule is CC(OCc1ccccc1)C(NC(=O)CC1COCCC1NC(=O)OCC1c2ccccc2-c2ccccc21)C(=O)O. The number of fused-ring (bicyclic) bond motifs is 3. The van der Waals surface area contributed by atoms with Crippen LogP contribution in [0.5, 0.6) is 0 Å². The second kappa shape index (κ2) is 13.6. The molecule has 9 nitrogen and oxygen atoms in total. The number of carboxylic acids is 1. The zero-order valence-electron chi connectivity index (χ0n) is 23.5. The number of carboxylic acid groups (broad SMARTS) is 1. The molecule has 1 aliphatic heterocycles. The number of ether oxygens (including phenoxy) is 3. The van der Waals surface area contributed by atoms with E-state index in [1.165, 1.54) is 0 Å². The minimum Gasteiger partial charge on any atom is -0.480 e. The third-order valence-corrected chi connectivity index (χ3v) is 7.98. The Bertz CT molecular complexity index is 1350. The molecular formula is C33H36N2O7. The molecule has 2 amide bonds. The van der Waals surface area contributed by atoms with E-state index in [1.54, 1.807) is 6.92 Å². The largest absolute Gasteiger partial charge is 0.480 e. The number of hydrogen-bond acceptors (Lipinski definition) is 6. The molecule has 0 spiro atoms. The molecule has 0 bridgehead atoms. The van der Waals surface area contributed by atoms with Crippen LogP contribution < -0.4 is 10.6 Å². The van der Waals surface area contributed by atoms with E-state index in [1.807, 2.05) is 54.6 Å². The zero-order valence-corrected chi connectivity index (χ0v) is 23.5.